The molecule has 1 atom stereocenters. The van der Waals surface area contributed by atoms with Gasteiger partial charge in [0, 0.05) is 13.6 Å². The Labute approximate surface area is 156 Å². The van der Waals surface area contributed by atoms with Crippen LogP contribution in [0.2, 0.25) is 25.7 Å². The van der Waals surface area contributed by atoms with E-state index in [0.29, 0.717) is 12.2 Å². The van der Waals surface area contributed by atoms with Crippen molar-refractivity contribution in [1.82, 2.24) is 0 Å². The highest BCUT2D eigenvalue weighted by atomic mass is 28.3. The van der Waals surface area contributed by atoms with Crippen LogP contribution < -0.4 is 5.32 Å². The summed E-state index contributed by atoms with van der Waals surface area (Å²) in [6.07, 6.45) is -0.671. The van der Waals surface area contributed by atoms with E-state index in [1.807, 2.05) is 0 Å². The molecule has 6 nitrogen and oxygen atoms in total. The molecule has 1 unspecified atom stereocenters. The van der Waals surface area contributed by atoms with Crippen molar-refractivity contribution in [2.24, 2.45) is 0 Å². The number of nitrogens with one attached hydrogen (secondary N) is 1. The summed E-state index contributed by atoms with van der Waals surface area (Å²) in [6, 6.07) is 5.73. The van der Waals surface area contributed by atoms with Gasteiger partial charge in [0.1, 0.15) is 11.4 Å². The van der Waals surface area contributed by atoms with E-state index in [9.17, 15) is 14.7 Å². The lowest BCUT2D eigenvalue weighted by Crippen LogP contribution is -2.27. The Morgan fingerprint density at radius 2 is 1.85 bits per heavy atom. The highest BCUT2D eigenvalue weighted by Crippen LogP contribution is 2.33. The fourth-order valence-corrected chi connectivity index (χ4v) is 2.85. The third kappa shape index (κ3) is 7.47. The molecule has 1 aromatic rings. The molecule has 1 aromatic carbocycles. The minimum Gasteiger partial charge on any atom is -0.505 e. The second-order valence-corrected chi connectivity index (χ2v) is 14.2. The monoisotopic (exact) mass is 381 g/mol. The second-order valence-electron chi connectivity index (χ2n) is 8.57. The van der Waals surface area contributed by atoms with Crippen LogP contribution in [0.25, 0.3) is 0 Å². The van der Waals surface area contributed by atoms with E-state index in [1.54, 1.807) is 45.9 Å². The number of esters is 1. The van der Waals surface area contributed by atoms with Gasteiger partial charge in [-0.2, -0.15) is 0 Å². The first-order valence-corrected chi connectivity index (χ1v) is 12.5. The summed E-state index contributed by atoms with van der Waals surface area (Å²) in [4.78, 5) is 24.2. The molecule has 146 valence electrons. The zero-order valence-corrected chi connectivity index (χ0v) is 17.8. The number of amides is 1. The molecule has 0 spiro atoms. The molecule has 0 saturated carbocycles. The molecule has 0 radical (unpaired) electrons. The predicted molar refractivity (Wildman–Crippen MR) is 105 cm³/mol. The summed E-state index contributed by atoms with van der Waals surface area (Å²) in [5.41, 5.74) is -0.0554. The van der Waals surface area contributed by atoms with Gasteiger partial charge < -0.3 is 14.6 Å². The molecule has 7 heteroatoms. The summed E-state index contributed by atoms with van der Waals surface area (Å²) in [5, 5.41) is 12.9. The van der Waals surface area contributed by atoms with Crippen molar-refractivity contribution in [2.45, 2.75) is 64.9 Å². The first-order chi connectivity index (χ1) is 11.8. The van der Waals surface area contributed by atoms with Crippen LogP contribution in [0.3, 0.4) is 0 Å². The number of ether oxygens (including phenoxy) is 2. The van der Waals surface area contributed by atoms with Crippen molar-refractivity contribution in [3.8, 4) is 5.75 Å². The second kappa shape index (κ2) is 8.57. The molecule has 26 heavy (non-hydrogen) atoms. The van der Waals surface area contributed by atoms with E-state index in [1.165, 1.54) is 0 Å². The predicted octanol–water partition coefficient (Wildman–Crippen LogP) is 4.72. The fourth-order valence-electron chi connectivity index (χ4n) is 2.14. The summed E-state index contributed by atoms with van der Waals surface area (Å²) < 4.78 is 10.5. The van der Waals surface area contributed by atoms with Crippen molar-refractivity contribution in [3.63, 3.8) is 0 Å². The lowest BCUT2D eigenvalue weighted by molar-refractivity contribution is -0.144. The average Bonchev–Trinajstić information content (AvgIpc) is 2.45. The number of para-hydroxylation sites is 1. The molecule has 1 amide bonds. The number of carbonyl (C=O) groups is 2. The summed E-state index contributed by atoms with van der Waals surface area (Å²) in [5.74, 6) is -1.20. The molecule has 0 aliphatic carbocycles. The first-order valence-electron chi connectivity index (χ1n) is 8.79. The number of phenols is 1. The molecule has 0 aromatic heterocycles. The Bertz CT molecular complexity index is 646. The van der Waals surface area contributed by atoms with Crippen molar-refractivity contribution in [2.75, 3.05) is 11.9 Å². The zero-order valence-electron chi connectivity index (χ0n) is 16.8. The standard InChI is InChI=1S/C19H31NO5Si/c1-13(17(22)24-11-12-26(5,6)7)14-9-8-10-15(16(14)21)20-18(23)25-19(2,3)4/h8-10,13,21H,11-12H2,1-7H3,(H,20,23). The summed E-state index contributed by atoms with van der Waals surface area (Å²) >= 11 is 0. The quantitative estimate of drug-likeness (QED) is 0.423. The van der Waals surface area contributed by atoms with Crippen LogP contribution in [0.1, 0.15) is 39.2 Å². The maximum Gasteiger partial charge on any atom is 0.412 e. The third-order valence-electron chi connectivity index (χ3n) is 3.62. The summed E-state index contributed by atoms with van der Waals surface area (Å²) in [7, 11) is -1.28. The van der Waals surface area contributed by atoms with Crippen LogP contribution >= 0.6 is 0 Å². The molecule has 0 aliphatic rings. The van der Waals surface area contributed by atoms with Gasteiger partial charge >= 0.3 is 12.1 Å². The molecule has 0 fully saturated rings. The Morgan fingerprint density at radius 3 is 2.38 bits per heavy atom. The maximum absolute atomic E-state index is 12.3. The number of hydrogen-bond donors (Lipinski definition) is 2. The minimum absolute atomic E-state index is 0.159. The van der Waals surface area contributed by atoms with E-state index >= 15 is 0 Å². The van der Waals surface area contributed by atoms with Crippen LogP contribution in [0, 0.1) is 0 Å². The van der Waals surface area contributed by atoms with E-state index < -0.39 is 31.7 Å². The average molecular weight is 382 g/mol. The van der Waals surface area contributed by atoms with Gasteiger partial charge in [0.2, 0.25) is 0 Å². The molecule has 0 saturated heterocycles. The van der Waals surface area contributed by atoms with Crippen LogP contribution in [0.5, 0.6) is 5.75 Å². The lowest BCUT2D eigenvalue weighted by Gasteiger charge is -2.21. The van der Waals surface area contributed by atoms with Crippen molar-refractivity contribution in [1.29, 1.82) is 0 Å². The normalized spacial score (nSPS) is 13.0. The summed E-state index contributed by atoms with van der Waals surface area (Å²) in [6.45, 7) is 13.9. The van der Waals surface area contributed by atoms with Crippen molar-refractivity contribution >= 4 is 25.8 Å². The van der Waals surface area contributed by atoms with Gasteiger partial charge in [-0.3, -0.25) is 10.1 Å². The van der Waals surface area contributed by atoms with Crippen LogP contribution in [0.4, 0.5) is 10.5 Å². The van der Waals surface area contributed by atoms with E-state index in [0.717, 1.165) is 6.04 Å². The van der Waals surface area contributed by atoms with Gasteiger partial charge in [-0.25, -0.2) is 4.79 Å². The number of anilines is 1. The SMILES string of the molecule is CC(C(=O)OCC[Si](C)(C)C)c1cccc(NC(=O)OC(C)(C)C)c1O. The zero-order chi connectivity index (χ0) is 20.1. The highest BCUT2D eigenvalue weighted by molar-refractivity contribution is 6.76. The molecular formula is C19H31NO5Si. The third-order valence-corrected chi connectivity index (χ3v) is 5.32. The highest BCUT2D eigenvalue weighted by Gasteiger charge is 2.24. The first kappa shape index (κ1) is 22.0. The van der Waals surface area contributed by atoms with Crippen molar-refractivity contribution < 1.29 is 24.2 Å². The molecule has 0 heterocycles. The molecule has 2 N–H and O–H groups in total. The van der Waals surface area contributed by atoms with Crippen LogP contribution in [-0.2, 0) is 14.3 Å². The largest absolute Gasteiger partial charge is 0.505 e. The Morgan fingerprint density at radius 1 is 1.23 bits per heavy atom. The van der Waals surface area contributed by atoms with Gasteiger partial charge in [0.25, 0.3) is 0 Å². The molecular weight excluding hydrogens is 350 g/mol. The van der Waals surface area contributed by atoms with Crippen molar-refractivity contribution in [3.05, 3.63) is 23.8 Å². The molecule has 0 aliphatic heterocycles. The number of benzene rings is 1. The number of hydrogen-bond acceptors (Lipinski definition) is 5. The number of rotatable bonds is 6. The maximum atomic E-state index is 12.3. The van der Waals surface area contributed by atoms with Gasteiger partial charge in [0.05, 0.1) is 18.2 Å². The van der Waals surface area contributed by atoms with Gasteiger partial charge in [-0.05, 0) is 39.8 Å². The fraction of sp³-hybridized carbons (Fsp3) is 0.579. The molecule has 1 rings (SSSR count). The minimum atomic E-state index is -1.28. The smallest absolute Gasteiger partial charge is 0.412 e. The van der Waals surface area contributed by atoms with Crippen LogP contribution in [0.15, 0.2) is 18.2 Å². The lowest BCUT2D eigenvalue weighted by atomic mass is 9.99. The van der Waals surface area contributed by atoms with Gasteiger partial charge in [0.15, 0.2) is 0 Å². The van der Waals surface area contributed by atoms with E-state index in [-0.39, 0.29) is 11.4 Å². The van der Waals surface area contributed by atoms with Gasteiger partial charge in [-0.15, -0.1) is 0 Å². The number of carbonyl (C=O) groups excluding carboxylic acids is 2. The van der Waals surface area contributed by atoms with Gasteiger partial charge in [-0.1, -0.05) is 31.8 Å². The van der Waals surface area contributed by atoms with Crippen LogP contribution in [-0.4, -0.2) is 37.5 Å². The Hall–Kier alpha value is -2.02. The number of phenolic OH excluding ortho intramolecular Hbond substituents is 1. The number of aromatic hydroxyl groups is 1. The van der Waals surface area contributed by atoms with E-state index in [2.05, 4.69) is 25.0 Å². The Kier molecular flexibility index (Phi) is 7.26. The van der Waals surface area contributed by atoms with E-state index in [4.69, 9.17) is 9.47 Å². The Balaban J connectivity index is 2.81. The topological polar surface area (TPSA) is 84.9 Å². The molecule has 0 bridgehead atoms.